The Labute approximate surface area is 126 Å². The molecule has 3 rings (SSSR count). The molecule has 0 bridgehead atoms. The van der Waals surface area contributed by atoms with Crippen molar-refractivity contribution >= 4 is 0 Å². The van der Waals surface area contributed by atoms with E-state index in [2.05, 4.69) is 14.9 Å². The lowest BCUT2D eigenvalue weighted by atomic mass is 10.0. The van der Waals surface area contributed by atoms with Gasteiger partial charge in [-0.05, 0) is 37.6 Å². The Morgan fingerprint density at radius 3 is 2.86 bits per heavy atom. The summed E-state index contributed by atoms with van der Waals surface area (Å²) >= 11 is 0. The number of halogens is 2. The Bertz CT molecular complexity index is 744. The van der Waals surface area contributed by atoms with Gasteiger partial charge >= 0.3 is 0 Å². The summed E-state index contributed by atoms with van der Waals surface area (Å²) in [7, 11) is 0. The maximum absolute atomic E-state index is 13.2. The molecular weight excluding hydrogens is 288 g/mol. The Hall–Kier alpha value is -2.08. The molecule has 1 fully saturated rings. The molecule has 6 heteroatoms. The van der Waals surface area contributed by atoms with E-state index >= 15 is 0 Å². The summed E-state index contributed by atoms with van der Waals surface area (Å²) in [6.07, 6.45) is 0.902. The van der Waals surface area contributed by atoms with Crippen LogP contribution in [0.15, 0.2) is 29.1 Å². The third kappa shape index (κ3) is 3.22. The molecular formula is C16H17F2N3O. The summed E-state index contributed by atoms with van der Waals surface area (Å²) in [6, 6.07) is 5.53. The standard InChI is InChI=1S/C16H17F2N3O/c1-10-19-15(7-16(22)20-10)12-4-5-21(9-12)8-11-2-3-13(17)14(18)6-11/h2-3,6-7,12H,4-5,8-9H2,1H3,(H,19,20,22). The Morgan fingerprint density at radius 1 is 1.32 bits per heavy atom. The molecule has 116 valence electrons. The molecule has 0 amide bonds. The van der Waals surface area contributed by atoms with Gasteiger partial charge < -0.3 is 4.98 Å². The van der Waals surface area contributed by atoms with Gasteiger partial charge in [0.05, 0.1) is 5.69 Å². The first-order valence-electron chi connectivity index (χ1n) is 7.25. The minimum absolute atomic E-state index is 0.137. The quantitative estimate of drug-likeness (QED) is 0.947. The molecule has 4 nitrogen and oxygen atoms in total. The van der Waals surface area contributed by atoms with Crippen molar-refractivity contribution in [2.45, 2.75) is 25.8 Å². The van der Waals surface area contributed by atoms with Crippen LogP contribution in [0.3, 0.4) is 0 Å². The summed E-state index contributed by atoms with van der Waals surface area (Å²) in [6.45, 7) is 3.93. The lowest BCUT2D eigenvalue weighted by Gasteiger charge is -2.16. The van der Waals surface area contributed by atoms with Crippen LogP contribution in [0.1, 0.15) is 29.4 Å². The molecule has 0 saturated carbocycles. The normalized spacial score (nSPS) is 18.8. The van der Waals surface area contributed by atoms with Crippen molar-refractivity contribution in [2.75, 3.05) is 13.1 Å². The fraction of sp³-hybridized carbons (Fsp3) is 0.375. The highest BCUT2D eigenvalue weighted by atomic mass is 19.2. The minimum atomic E-state index is -0.828. The average Bonchev–Trinajstić information content (AvgIpc) is 2.90. The number of hydrogen-bond donors (Lipinski definition) is 1. The lowest BCUT2D eigenvalue weighted by molar-refractivity contribution is 0.325. The zero-order chi connectivity index (χ0) is 15.7. The first-order valence-corrected chi connectivity index (χ1v) is 7.25. The third-order valence-electron chi connectivity index (χ3n) is 3.96. The van der Waals surface area contributed by atoms with Crippen LogP contribution >= 0.6 is 0 Å². The van der Waals surface area contributed by atoms with Crippen molar-refractivity contribution in [3.05, 3.63) is 63.3 Å². The van der Waals surface area contributed by atoms with E-state index in [1.54, 1.807) is 19.1 Å². The number of likely N-dealkylation sites (tertiary alicyclic amines) is 1. The van der Waals surface area contributed by atoms with Crippen LogP contribution in [-0.4, -0.2) is 28.0 Å². The third-order valence-corrected chi connectivity index (χ3v) is 3.96. The van der Waals surface area contributed by atoms with Gasteiger partial charge in [-0.15, -0.1) is 0 Å². The predicted molar refractivity (Wildman–Crippen MR) is 78.6 cm³/mol. The molecule has 1 aromatic heterocycles. The fourth-order valence-corrected chi connectivity index (χ4v) is 2.93. The van der Waals surface area contributed by atoms with Crippen LogP contribution in [0.2, 0.25) is 0 Å². The number of H-pyrrole nitrogens is 1. The molecule has 1 atom stereocenters. The number of rotatable bonds is 3. The van der Waals surface area contributed by atoms with Crippen LogP contribution in [0.5, 0.6) is 0 Å². The van der Waals surface area contributed by atoms with Crippen LogP contribution in [0.25, 0.3) is 0 Å². The number of benzene rings is 1. The lowest BCUT2D eigenvalue weighted by Crippen LogP contribution is -2.21. The van der Waals surface area contributed by atoms with Crippen LogP contribution in [0.4, 0.5) is 8.78 Å². The van der Waals surface area contributed by atoms with E-state index in [0.29, 0.717) is 12.4 Å². The molecule has 22 heavy (non-hydrogen) atoms. The van der Waals surface area contributed by atoms with Gasteiger partial charge in [-0.3, -0.25) is 9.69 Å². The number of nitrogens with zero attached hydrogens (tertiary/aromatic N) is 2. The Balaban J connectivity index is 1.69. The molecule has 1 unspecified atom stereocenters. The maximum Gasteiger partial charge on any atom is 0.251 e. The molecule has 1 aliphatic rings. The van der Waals surface area contributed by atoms with Gasteiger partial charge in [-0.2, -0.15) is 0 Å². The minimum Gasteiger partial charge on any atom is -0.311 e. The molecule has 1 aliphatic heterocycles. The van der Waals surface area contributed by atoms with E-state index in [4.69, 9.17) is 0 Å². The zero-order valence-electron chi connectivity index (χ0n) is 12.3. The number of aromatic nitrogens is 2. The first kappa shape index (κ1) is 14.8. The van der Waals surface area contributed by atoms with E-state index in [1.807, 2.05) is 0 Å². The molecule has 1 aromatic carbocycles. The van der Waals surface area contributed by atoms with Gasteiger partial charge in [0.15, 0.2) is 11.6 Å². The Morgan fingerprint density at radius 2 is 2.14 bits per heavy atom. The van der Waals surface area contributed by atoms with Crippen molar-refractivity contribution in [3.63, 3.8) is 0 Å². The van der Waals surface area contributed by atoms with Crippen LogP contribution in [0, 0.1) is 18.6 Å². The summed E-state index contributed by atoms with van der Waals surface area (Å²) in [5, 5.41) is 0. The second-order valence-electron chi connectivity index (χ2n) is 5.72. The number of nitrogens with one attached hydrogen (secondary N) is 1. The summed E-state index contributed by atoms with van der Waals surface area (Å²) in [5.41, 5.74) is 1.41. The molecule has 0 aliphatic carbocycles. The second kappa shape index (κ2) is 5.96. The number of aryl methyl sites for hydroxylation is 1. The average molecular weight is 305 g/mol. The number of aromatic amines is 1. The molecule has 1 saturated heterocycles. The molecule has 2 aromatic rings. The van der Waals surface area contributed by atoms with E-state index in [0.717, 1.165) is 36.8 Å². The van der Waals surface area contributed by atoms with Gasteiger partial charge in [-0.1, -0.05) is 6.07 Å². The van der Waals surface area contributed by atoms with E-state index in [1.165, 1.54) is 6.07 Å². The van der Waals surface area contributed by atoms with Gasteiger partial charge in [0, 0.05) is 25.1 Å². The monoisotopic (exact) mass is 305 g/mol. The Kier molecular flexibility index (Phi) is 4.02. The van der Waals surface area contributed by atoms with Gasteiger partial charge in [-0.25, -0.2) is 13.8 Å². The van der Waals surface area contributed by atoms with Crippen molar-refractivity contribution in [1.82, 2.24) is 14.9 Å². The molecule has 1 N–H and O–H groups in total. The smallest absolute Gasteiger partial charge is 0.251 e. The van der Waals surface area contributed by atoms with Crippen molar-refractivity contribution < 1.29 is 8.78 Å². The maximum atomic E-state index is 13.2. The van der Waals surface area contributed by atoms with Crippen LogP contribution < -0.4 is 5.56 Å². The highest BCUT2D eigenvalue weighted by Crippen LogP contribution is 2.26. The van der Waals surface area contributed by atoms with Crippen molar-refractivity contribution in [1.29, 1.82) is 0 Å². The summed E-state index contributed by atoms with van der Waals surface area (Å²) < 4.78 is 26.2. The van der Waals surface area contributed by atoms with Crippen molar-refractivity contribution in [2.24, 2.45) is 0 Å². The van der Waals surface area contributed by atoms with Gasteiger partial charge in [0.2, 0.25) is 0 Å². The van der Waals surface area contributed by atoms with E-state index in [-0.39, 0.29) is 11.5 Å². The van der Waals surface area contributed by atoms with Crippen LogP contribution in [-0.2, 0) is 6.54 Å². The van der Waals surface area contributed by atoms with Gasteiger partial charge in [0.25, 0.3) is 5.56 Å². The zero-order valence-corrected chi connectivity index (χ0v) is 12.3. The predicted octanol–water partition coefficient (Wildman–Crippen LogP) is 2.35. The topological polar surface area (TPSA) is 49.0 Å². The molecule has 0 spiro atoms. The first-order chi connectivity index (χ1) is 10.5. The van der Waals surface area contributed by atoms with E-state index < -0.39 is 11.6 Å². The number of hydrogen-bond acceptors (Lipinski definition) is 3. The largest absolute Gasteiger partial charge is 0.311 e. The van der Waals surface area contributed by atoms with Crippen molar-refractivity contribution in [3.8, 4) is 0 Å². The fourth-order valence-electron chi connectivity index (χ4n) is 2.93. The summed E-state index contributed by atoms with van der Waals surface area (Å²) in [5.74, 6) is -0.834. The summed E-state index contributed by atoms with van der Waals surface area (Å²) in [4.78, 5) is 20.7. The SMILES string of the molecule is Cc1nc(C2CCN(Cc3ccc(F)c(F)c3)C2)cc(=O)[nH]1. The van der Waals surface area contributed by atoms with Gasteiger partial charge in [0.1, 0.15) is 5.82 Å². The highest BCUT2D eigenvalue weighted by molar-refractivity contribution is 5.18. The molecule has 2 heterocycles. The van der Waals surface area contributed by atoms with E-state index in [9.17, 15) is 13.6 Å². The molecule has 0 radical (unpaired) electrons. The highest BCUT2D eigenvalue weighted by Gasteiger charge is 2.25. The second-order valence-corrected chi connectivity index (χ2v) is 5.72.